The molecule has 0 aliphatic heterocycles. The minimum absolute atomic E-state index is 0.0998. The van der Waals surface area contributed by atoms with Gasteiger partial charge in [0.25, 0.3) is 5.91 Å². The Morgan fingerprint density at radius 3 is 2.52 bits per heavy atom. The minimum atomic E-state index is -0.229. The Bertz CT molecular complexity index is 719. The Hall–Kier alpha value is -2.17. The van der Waals surface area contributed by atoms with Crippen LogP contribution >= 0.6 is 0 Å². The van der Waals surface area contributed by atoms with Gasteiger partial charge in [0, 0.05) is 18.4 Å². The topological polar surface area (TPSA) is 66.9 Å². The molecule has 1 amide bonds. The lowest BCUT2D eigenvalue weighted by atomic mass is 10.2. The van der Waals surface area contributed by atoms with Gasteiger partial charge in [0.1, 0.15) is 0 Å². The van der Waals surface area contributed by atoms with Gasteiger partial charge >= 0.3 is 0 Å². The van der Waals surface area contributed by atoms with Crippen molar-refractivity contribution in [3.05, 3.63) is 24.3 Å². The summed E-state index contributed by atoms with van der Waals surface area (Å²) in [6.45, 7) is 5.02. The molecule has 25 heavy (non-hydrogen) atoms. The third kappa shape index (κ3) is 5.15. The molecule has 1 aromatic heterocycles. The van der Waals surface area contributed by atoms with Gasteiger partial charge in [-0.05, 0) is 18.9 Å². The number of azo groups is 1. The molecular formula is C20H29N3O2. The van der Waals surface area contributed by atoms with E-state index in [1.807, 2.05) is 28.8 Å². The second kappa shape index (κ2) is 9.97. The van der Waals surface area contributed by atoms with Gasteiger partial charge in [-0.2, -0.15) is 0 Å². The van der Waals surface area contributed by atoms with Crippen molar-refractivity contribution in [3.8, 4) is 5.88 Å². The zero-order valence-corrected chi connectivity index (χ0v) is 15.4. The fourth-order valence-corrected chi connectivity index (χ4v) is 2.98. The molecule has 136 valence electrons. The molecule has 0 fully saturated rings. The highest BCUT2D eigenvalue weighted by atomic mass is 16.3. The first-order valence-corrected chi connectivity index (χ1v) is 9.43. The van der Waals surface area contributed by atoms with Crippen LogP contribution in [-0.2, 0) is 11.3 Å². The van der Waals surface area contributed by atoms with Gasteiger partial charge < -0.3 is 9.67 Å². The summed E-state index contributed by atoms with van der Waals surface area (Å²) in [5.41, 5.74) is 1.33. The predicted octanol–water partition coefficient (Wildman–Crippen LogP) is 6.12. The lowest BCUT2D eigenvalue weighted by Gasteiger charge is -2.06. The van der Waals surface area contributed by atoms with E-state index in [0.717, 1.165) is 49.6 Å². The highest BCUT2D eigenvalue weighted by Gasteiger charge is 2.16. The largest absolute Gasteiger partial charge is 0.493 e. The van der Waals surface area contributed by atoms with Gasteiger partial charge in [-0.15, -0.1) is 10.2 Å². The molecule has 2 aromatic rings. The molecule has 0 unspecified atom stereocenters. The molecule has 0 aliphatic rings. The Morgan fingerprint density at radius 1 is 1.04 bits per heavy atom. The molecule has 0 saturated heterocycles. The molecule has 0 spiro atoms. The average Bonchev–Trinajstić information content (AvgIpc) is 2.89. The number of rotatable bonds is 10. The van der Waals surface area contributed by atoms with Gasteiger partial charge in [0.15, 0.2) is 5.69 Å². The van der Waals surface area contributed by atoms with E-state index in [2.05, 4.69) is 24.1 Å². The van der Waals surface area contributed by atoms with E-state index in [4.69, 9.17) is 0 Å². The average molecular weight is 343 g/mol. The van der Waals surface area contributed by atoms with Crippen LogP contribution in [0.1, 0.15) is 65.2 Å². The molecular weight excluding hydrogens is 314 g/mol. The number of hydrogen-bond acceptors (Lipinski definition) is 3. The van der Waals surface area contributed by atoms with Crippen LogP contribution in [-0.4, -0.2) is 15.6 Å². The van der Waals surface area contributed by atoms with Crippen LogP contribution in [0, 0.1) is 0 Å². The van der Waals surface area contributed by atoms with Gasteiger partial charge in [-0.25, -0.2) is 0 Å². The lowest BCUT2D eigenvalue weighted by molar-refractivity contribution is -0.118. The van der Waals surface area contributed by atoms with E-state index in [9.17, 15) is 9.90 Å². The second-order valence-electron chi connectivity index (χ2n) is 6.45. The van der Waals surface area contributed by atoms with Crippen molar-refractivity contribution in [1.29, 1.82) is 0 Å². The monoisotopic (exact) mass is 343 g/mol. The number of aromatic hydroxyl groups is 1. The van der Waals surface area contributed by atoms with Crippen LogP contribution in [0.4, 0.5) is 5.69 Å². The highest BCUT2D eigenvalue weighted by Crippen LogP contribution is 2.39. The fraction of sp³-hybridized carbons (Fsp3) is 0.550. The van der Waals surface area contributed by atoms with E-state index in [0.29, 0.717) is 12.1 Å². The number of aromatic nitrogens is 1. The molecule has 0 saturated carbocycles. The number of hydrogen-bond donors (Lipinski definition) is 1. The van der Waals surface area contributed by atoms with E-state index in [1.54, 1.807) is 0 Å². The minimum Gasteiger partial charge on any atom is -0.493 e. The van der Waals surface area contributed by atoms with Crippen molar-refractivity contribution in [1.82, 2.24) is 4.57 Å². The standard InChI is InChI=1S/C20H29N3O2/c1-3-5-7-11-15-23-17-13-10-9-12-16(17)19(20(23)25)22-21-18(24)14-8-6-4-2/h9-10,12-13,25H,3-8,11,14-15H2,1-2H3. The fourth-order valence-electron chi connectivity index (χ4n) is 2.98. The molecule has 0 aliphatic carbocycles. The van der Waals surface area contributed by atoms with Crippen molar-refractivity contribution in [3.63, 3.8) is 0 Å². The van der Waals surface area contributed by atoms with Crippen LogP contribution < -0.4 is 0 Å². The Labute approximate surface area is 149 Å². The number of benzene rings is 1. The third-order valence-corrected chi connectivity index (χ3v) is 4.41. The van der Waals surface area contributed by atoms with Crippen LogP contribution in [0.15, 0.2) is 34.5 Å². The summed E-state index contributed by atoms with van der Waals surface area (Å²) in [7, 11) is 0. The zero-order valence-electron chi connectivity index (χ0n) is 15.4. The number of para-hydroxylation sites is 1. The predicted molar refractivity (Wildman–Crippen MR) is 101 cm³/mol. The summed E-state index contributed by atoms with van der Waals surface area (Å²) in [5, 5.41) is 19.3. The lowest BCUT2D eigenvalue weighted by Crippen LogP contribution is -1.97. The molecule has 1 N–H and O–H groups in total. The van der Waals surface area contributed by atoms with Crippen molar-refractivity contribution in [2.24, 2.45) is 10.2 Å². The number of aryl methyl sites for hydroxylation is 1. The van der Waals surface area contributed by atoms with Crippen molar-refractivity contribution >= 4 is 22.5 Å². The summed E-state index contributed by atoms with van der Waals surface area (Å²) in [5.74, 6) is -0.129. The molecule has 5 heteroatoms. The van der Waals surface area contributed by atoms with E-state index < -0.39 is 0 Å². The molecule has 1 heterocycles. The molecule has 0 radical (unpaired) electrons. The molecule has 0 bridgehead atoms. The van der Waals surface area contributed by atoms with Gasteiger partial charge in [0.2, 0.25) is 5.88 Å². The Balaban J connectivity index is 2.18. The number of unbranched alkanes of at least 4 members (excludes halogenated alkanes) is 5. The molecule has 5 nitrogen and oxygen atoms in total. The van der Waals surface area contributed by atoms with E-state index >= 15 is 0 Å². The van der Waals surface area contributed by atoms with Gasteiger partial charge in [-0.3, -0.25) is 4.79 Å². The maximum Gasteiger partial charge on any atom is 0.264 e. The second-order valence-corrected chi connectivity index (χ2v) is 6.45. The quantitative estimate of drug-likeness (QED) is 0.417. The maximum absolute atomic E-state index is 11.8. The SMILES string of the molecule is CCCCCCn1c(O)c(N=NC(=O)CCCCC)c2ccccc21. The van der Waals surface area contributed by atoms with E-state index in [1.165, 1.54) is 12.8 Å². The number of carbonyl (C=O) groups is 1. The van der Waals surface area contributed by atoms with Crippen LogP contribution in [0.25, 0.3) is 10.9 Å². The summed E-state index contributed by atoms with van der Waals surface area (Å²) in [6.07, 6.45) is 7.84. The van der Waals surface area contributed by atoms with Gasteiger partial charge in [0.05, 0.1) is 5.52 Å². The highest BCUT2D eigenvalue weighted by molar-refractivity contribution is 5.95. The van der Waals surface area contributed by atoms with Crippen LogP contribution in [0.5, 0.6) is 5.88 Å². The first kappa shape index (κ1) is 19.2. The van der Waals surface area contributed by atoms with Gasteiger partial charge in [-0.1, -0.05) is 64.2 Å². The summed E-state index contributed by atoms with van der Waals surface area (Å²) < 4.78 is 1.88. The molecule has 1 aromatic carbocycles. The van der Waals surface area contributed by atoms with Crippen molar-refractivity contribution in [2.45, 2.75) is 71.8 Å². The Morgan fingerprint density at radius 2 is 1.76 bits per heavy atom. The number of nitrogens with zero attached hydrogens (tertiary/aromatic N) is 3. The van der Waals surface area contributed by atoms with Crippen LogP contribution in [0.2, 0.25) is 0 Å². The smallest absolute Gasteiger partial charge is 0.264 e. The summed E-state index contributed by atoms with van der Waals surface area (Å²) >= 11 is 0. The van der Waals surface area contributed by atoms with Crippen molar-refractivity contribution in [2.75, 3.05) is 0 Å². The van der Waals surface area contributed by atoms with Crippen LogP contribution in [0.3, 0.4) is 0 Å². The third-order valence-electron chi connectivity index (χ3n) is 4.41. The molecule has 2 rings (SSSR count). The normalized spacial score (nSPS) is 11.6. The maximum atomic E-state index is 11.8. The number of fused-ring (bicyclic) bond motifs is 1. The van der Waals surface area contributed by atoms with E-state index in [-0.39, 0.29) is 11.8 Å². The summed E-state index contributed by atoms with van der Waals surface area (Å²) in [4.78, 5) is 11.8. The zero-order chi connectivity index (χ0) is 18.1. The molecule has 0 atom stereocenters. The summed E-state index contributed by atoms with van der Waals surface area (Å²) in [6, 6.07) is 7.73. The Kier molecular flexibility index (Phi) is 7.64. The number of carbonyl (C=O) groups excluding carboxylic acids is 1. The first-order chi connectivity index (χ1) is 12.2. The first-order valence-electron chi connectivity index (χ1n) is 9.43. The van der Waals surface area contributed by atoms with Crippen molar-refractivity contribution < 1.29 is 9.90 Å². The number of amides is 1.